The molecule has 0 aliphatic carbocycles. The maximum absolute atomic E-state index is 12.6. The minimum Gasteiger partial charge on any atom is -0.333 e. The molecule has 0 aromatic carbocycles. The number of thiazole rings is 1. The number of likely N-dealkylation sites (tertiary alicyclic amines) is 1. The summed E-state index contributed by atoms with van der Waals surface area (Å²) in [6.45, 7) is 5.51. The fraction of sp³-hybridized carbons (Fsp3) is 0.562. The van der Waals surface area contributed by atoms with E-state index >= 15 is 0 Å². The van der Waals surface area contributed by atoms with Gasteiger partial charge in [0.2, 0.25) is 5.91 Å². The fourth-order valence-electron chi connectivity index (χ4n) is 2.96. The molecular weight excluding hydrogens is 296 g/mol. The summed E-state index contributed by atoms with van der Waals surface area (Å²) in [6.07, 6.45) is 7.60. The summed E-state index contributed by atoms with van der Waals surface area (Å²) in [5.74, 6) is 0.214. The van der Waals surface area contributed by atoms with Crippen LogP contribution in [0.1, 0.15) is 48.0 Å². The Morgan fingerprint density at radius 3 is 2.95 bits per heavy atom. The van der Waals surface area contributed by atoms with Gasteiger partial charge in [0.15, 0.2) is 0 Å². The minimum absolute atomic E-state index is 0.166. The molecule has 6 heteroatoms. The average molecular weight is 318 g/mol. The van der Waals surface area contributed by atoms with Crippen LogP contribution in [0, 0.1) is 13.8 Å². The van der Waals surface area contributed by atoms with Gasteiger partial charge in [-0.1, -0.05) is 0 Å². The number of aryl methyl sites for hydroxylation is 3. The van der Waals surface area contributed by atoms with Crippen molar-refractivity contribution in [1.82, 2.24) is 19.7 Å². The van der Waals surface area contributed by atoms with Gasteiger partial charge in [0.1, 0.15) is 5.01 Å². The topological polar surface area (TPSA) is 51.0 Å². The first-order valence-corrected chi connectivity index (χ1v) is 8.72. The normalized spacial score (nSPS) is 18.6. The van der Waals surface area contributed by atoms with Gasteiger partial charge >= 0.3 is 0 Å². The maximum atomic E-state index is 12.6. The van der Waals surface area contributed by atoms with Gasteiger partial charge in [-0.2, -0.15) is 5.10 Å². The minimum atomic E-state index is 0.166. The number of piperidine rings is 1. The predicted molar refractivity (Wildman–Crippen MR) is 86.7 cm³/mol. The van der Waals surface area contributed by atoms with E-state index in [1.165, 1.54) is 6.42 Å². The molecule has 0 spiro atoms. The lowest BCUT2D eigenvalue weighted by Gasteiger charge is -2.34. The zero-order chi connectivity index (χ0) is 15.5. The Morgan fingerprint density at radius 1 is 1.41 bits per heavy atom. The van der Waals surface area contributed by atoms with Crippen molar-refractivity contribution in [3.8, 4) is 0 Å². The Hall–Kier alpha value is -1.69. The largest absolute Gasteiger partial charge is 0.333 e. The molecule has 1 unspecified atom stereocenters. The zero-order valence-electron chi connectivity index (χ0n) is 13.2. The van der Waals surface area contributed by atoms with Gasteiger partial charge in [0, 0.05) is 36.8 Å². The van der Waals surface area contributed by atoms with Crippen LogP contribution in [-0.2, 0) is 11.3 Å². The molecule has 2 aromatic heterocycles. The highest BCUT2D eigenvalue weighted by Crippen LogP contribution is 2.33. The summed E-state index contributed by atoms with van der Waals surface area (Å²) >= 11 is 1.67. The summed E-state index contributed by atoms with van der Waals surface area (Å²) in [6, 6.07) is 0.166. The van der Waals surface area contributed by atoms with E-state index in [9.17, 15) is 4.79 Å². The quantitative estimate of drug-likeness (QED) is 0.870. The first-order chi connectivity index (χ1) is 10.6. The Kier molecular flexibility index (Phi) is 4.57. The van der Waals surface area contributed by atoms with Gasteiger partial charge in [-0.25, -0.2) is 4.98 Å². The van der Waals surface area contributed by atoms with Crippen LogP contribution < -0.4 is 0 Å². The van der Waals surface area contributed by atoms with Crippen molar-refractivity contribution in [2.45, 2.75) is 52.1 Å². The predicted octanol–water partition coefficient (Wildman–Crippen LogP) is 3.10. The maximum Gasteiger partial charge on any atom is 0.225 e. The van der Waals surface area contributed by atoms with Crippen molar-refractivity contribution >= 4 is 17.2 Å². The summed E-state index contributed by atoms with van der Waals surface area (Å²) in [5.41, 5.74) is 2.17. The van der Waals surface area contributed by atoms with E-state index < -0.39 is 0 Å². The van der Waals surface area contributed by atoms with Crippen molar-refractivity contribution in [3.63, 3.8) is 0 Å². The molecule has 3 heterocycles. The van der Waals surface area contributed by atoms with E-state index in [-0.39, 0.29) is 11.9 Å². The standard InChI is InChI=1S/C16H22N4OS/c1-12-9-17-19(10-12)8-6-15(21)20-7-4-3-5-14(20)16-18-13(2)11-22-16/h9-11,14H,3-8H2,1-2H3. The van der Waals surface area contributed by atoms with Crippen LogP contribution in [0.3, 0.4) is 0 Å². The molecule has 2 aromatic rings. The highest BCUT2D eigenvalue weighted by molar-refractivity contribution is 7.09. The van der Waals surface area contributed by atoms with Crippen molar-refractivity contribution in [1.29, 1.82) is 0 Å². The second kappa shape index (κ2) is 6.60. The Balaban J connectivity index is 1.66. The zero-order valence-corrected chi connectivity index (χ0v) is 14.0. The summed E-state index contributed by atoms with van der Waals surface area (Å²) in [4.78, 5) is 19.3. The van der Waals surface area contributed by atoms with Gasteiger partial charge in [-0.3, -0.25) is 9.48 Å². The fourth-order valence-corrected chi connectivity index (χ4v) is 3.90. The van der Waals surface area contributed by atoms with E-state index in [0.29, 0.717) is 13.0 Å². The van der Waals surface area contributed by atoms with Gasteiger partial charge in [-0.05, 0) is 38.7 Å². The molecule has 118 valence electrons. The molecular formula is C16H22N4OS. The molecule has 1 saturated heterocycles. The summed E-state index contributed by atoms with van der Waals surface area (Å²) < 4.78 is 1.85. The smallest absolute Gasteiger partial charge is 0.225 e. The molecule has 1 aliphatic heterocycles. The molecule has 3 rings (SSSR count). The number of nitrogens with zero attached hydrogens (tertiary/aromatic N) is 4. The number of hydrogen-bond donors (Lipinski definition) is 0. The Morgan fingerprint density at radius 2 is 2.27 bits per heavy atom. The summed E-state index contributed by atoms with van der Waals surface area (Å²) in [7, 11) is 0. The molecule has 22 heavy (non-hydrogen) atoms. The Labute approximate surface area is 135 Å². The molecule has 1 amide bonds. The van der Waals surface area contributed by atoms with E-state index in [0.717, 1.165) is 35.7 Å². The molecule has 0 bridgehead atoms. The van der Waals surface area contributed by atoms with E-state index in [1.807, 2.05) is 35.8 Å². The lowest BCUT2D eigenvalue weighted by atomic mass is 10.0. The lowest BCUT2D eigenvalue weighted by Crippen LogP contribution is -2.38. The van der Waals surface area contributed by atoms with Gasteiger partial charge in [-0.15, -0.1) is 11.3 Å². The highest BCUT2D eigenvalue weighted by Gasteiger charge is 2.29. The van der Waals surface area contributed by atoms with E-state index in [2.05, 4.69) is 15.5 Å². The number of carbonyl (C=O) groups is 1. The molecule has 1 fully saturated rings. The summed E-state index contributed by atoms with van der Waals surface area (Å²) in [5, 5.41) is 7.40. The van der Waals surface area contributed by atoms with Gasteiger partial charge < -0.3 is 4.90 Å². The molecule has 1 aliphatic rings. The number of aromatic nitrogens is 3. The van der Waals surface area contributed by atoms with Crippen LogP contribution in [0.25, 0.3) is 0 Å². The second-order valence-electron chi connectivity index (χ2n) is 5.96. The molecule has 0 saturated carbocycles. The van der Waals surface area contributed by atoms with Crippen molar-refractivity contribution in [2.24, 2.45) is 0 Å². The molecule has 5 nitrogen and oxygen atoms in total. The van der Waals surface area contributed by atoms with Crippen LogP contribution in [0.2, 0.25) is 0 Å². The number of rotatable bonds is 4. The first-order valence-electron chi connectivity index (χ1n) is 7.84. The van der Waals surface area contributed by atoms with Gasteiger partial charge in [0.05, 0.1) is 12.2 Å². The van der Waals surface area contributed by atoms with Crippen molar-refractivity contribution in [2.75, 3.05) is 6.54 Å². The third kappa shape index (κ3) is 3.38. The van der Waals surface area contributed by atoms with Crippen LogP contribution >= 0.6 is 11.3 Å². The van der Waals surface area contributed by atoms with Gasteiger partial charge in [0.25, 0.3) is 0 Å². The van der Waals surface area contributed by atoms with Crippen molar-refractivity contribution in [3.05, 3.63) is 34.0 Å². The number of amides is 1. The monoisotopic (exact) mass is 318 g/mol. The van der Waals surface area contributed by atoms with Crippen LogP contribution in [-0.4, -0.2) is 32.1 Å². The molecule has 1 atom stereocenters. The highest BCUT2D eigenvalue weighted by atomic mass is 32.1. The average Bonchev–Trinajstić information content (AvgIpc) is 3.13. The van der Waals surface area contributed by atoms with E-state index in [4.69, 9.17) is 0 Å². The van der Waals surface area contributed by atoms with Crippen LogP contribution in [0.4, 0.5) is 0 Å². The van der Waals surface area contributed by atoms with E-state index in [1.54, 1.807) is 11.3 Å². The van der Waals surface area contributed by atoms with Crippen molar-refractivity contribution < 1.29 is 4.79 Å². The van der Waals surface area contributed by atoms with Crippen LogP contribution in [0.15, 0.2) is 17.8 Å². The molecule has 0 radical (unpaired) electrons. The first kappa shape index (κ1) is 15.2. The molecule has 0 N–H and O–H groups in total. The van der Waals surface area contributed by atoms with Crippen LogP contribution in [0.5, 0.6) is 0 Å². The number of carbonyl (C=O) groups excluding carboxylic acids is 1. The number of hydrogen-bond acceptors (Lipinski definition) is 4. The SMILES string of the molecule is Cc1cnn(CCC(=O)N2CCCCC2c2nc(C)cs2)c1. The third-order valence-corrected chi connectivity index (χ3v) is 5.13. The second-order valence-corrected chi connectivity index (χ2v) is 6.85. The third-order valence-electron chi connectivity index (χ3n) is 4.06. The lowest BCUT2D eigenvalue weighted by molar-refractivity contribution is -0.135. The Bertz CT molecular complexity index is 648.